The molecule has 35 heavy (non-hydrogen) atoms. The number of anilines is 2. The van der Waals surface area contributed by atoms with Gasteiger partial charge in [0.05, 0.1) is 6.20 Å². The number of rotatable bonds is 9. The van der Waals surface area contributed by atoms with Crippen LogP contribution in [0, 0.1) is 6.92 Å². The monoisotopic (exact) mass is 505 g/mol. The van der Waals surface area contributed by atoms with E-state index in [1.165, 1.54) is 0 Å². The van der Waals surface area contributed by atoms with Gasteiger partial charge in [0.15, 0.2) is 0 Å². The number of hydrogen-bond acceptors (Lipinski definition) is 7. The molecule has 3 aromatic heterocycles. The summed E-state index contributed by atoms with van der Waals surface area (Å²) in [6, 6.07) is 8.37. The van der Waals surface area contributed by atoms with Gasteiger partial charge in [0, 0.05) is 56.2 Å². The van der Waals surface area contributed by atoms with Gasteiger partial charge in [0.25, 0.3) is 0 Å². The average Bonchev–Trinajstić information content (AvgIpc) is 3.39. The lowest BCUT2D eigenvalue weighted by molar-refractivity contribution is -0.141. The first-order valence-corrected chi connectivity index (χ1v) is 11.1. The fourth-order valence-electron chi connectivity index (χ4n) is 3.53. The molecule has 184 valence electrons. The van der Waals surface area contributed by atoms with Gasteiger partial charge >= 0.3 is 6.18 Å². The molecule has 0 saturated heterocycles. The van der Waals surface area contributed by atoms with E-state index in [2.05, 4.69) is 35.5 Å². The Kier molecular flexibility index (Phi) is 7.20. The van der Waals surface area contributed by atoms with Gasteiger partial charge in [0.1, 0.15) is 11.5 Å². The summed E-state index contributed by atoms with van der Waals surface area (Å²) in [6.07, 6.45) is 0.255. The fraction of sp³-hybridized carbons (Fsp3) is 0.318. The summed E-state index contributed by atoms with van der Waals surface area (Å²) in [7, 11) is 1.85. The maximum Gasteiger partial charge on any atom is 0.433 e. The minimum absolute atomic E-state index is 0.0968. The Bertz CT molecular complexity index is 1270. The number of nitrogens with one attached hydrogen (secondary N) is 1. The van der Waals surface area contributed by atoms with Gasteiger partial charge in [-0.05, 0) is 30.7 Å². The Balaban J connectivity index is 1.53. The molecule has 0 radical (unpaired) electrons. The molecule has 3 heterocycles. The topological polar surface area (TPSA) is 89.6 Å². The molecule has 0 saturated carbocycles. The molecule has 4 rings (SSSR count). The van der Waals surface area contributed by atoms with Crippen LogP contribution in [0.5, 0.6) is 0 Å². The first-order valence-electron chi connectivity index (χ1n) is 10.7. The number of aromatic nitrogens is 7. The van der Waals surface area contributed by atoms with Crippen LogP contribution in [0.15, 0.2) is 48.9 Å². The number of alkyl halides is 3. The van der Waals surface area contributed by atoms with Crippen LogP contribution >= 0.6 is 11.6 Å². The third kappa shape index (κ3) is 6.27. The predicted octanol–water partition coefficient (Wildman–Crippen LogP) is 4.10. The van der Waals surface area contributed by atoms with Crippen LogP contribution in [-0.4, -0.2) is 41.1 Å². The third-order valence-electron chi connectivity index (χ3n) is 5.18. The molecule has 0 aliphatic rings. The molecule has 13 heteroatoms. The van der Waals surface area contributed by atoms with E-state index in [1.54, 1.807) is 10.9 Å². The van der Waals surface area contributed by atoms with E-state index in [9.17, 15) is 13.2 Å². The number of nitrogens with zero attached hydrogens (tertiary/aromatic N) is 8. The highest BCUT2D eigenvalue weighted by molar-refractivity contribution is 6.30. The van der Waals surface area contributed by atoms with Gasteiger partial charge in [-0.3, -0.25) is 9.25 Å². The van der Waals surface area contributed by atoms with Crippen molar-refractivity contribution in [3.05, 3.63) is 76.6 Å². The number of benzene rings is 1. The molecule has 0 amide bonds. The number of hydrogen-bond donors (Lipinski definition) is 1. The van der Waals surface area contributed by atoms with E-state index in [-0.39, 0.29) is 12.5 Å². The van der Waals surface area contributed by atoms with Crippen molar-refractivity contribution in [3.8, 4) is 0 Å². The number of aryl methyl sites for hydroxylation is 2. The summed E-state index contributed by atoms with van der Waals surface area (Å²) in [5.74, 6) is 1.19. The highest BCUT2D eigenvalue weighted by atomic mass is 35.5. The van der Waals surface area contributed by atoms with Crippen molar-refractivity contribution >= 4 is 23.5 Å². The van der Waals surface area contributed by atoms with Crippen molar-refractivity contribution in [1.82, 2.24) is 34.5 Å². The van der Waals surface area contributed by atoms with Crippen molar-refractivity contribution in [3.63, 3.8) is 0 Å². The largest absolute Gasteiger partial charge is 0.433 e. The zero-order valence-electron chi connectivity index (χ0n) is 19.0. The highest BCUT2D eigenvalue weighted by Crippen LogP contribution is 2.27. The fourth-order valence-corrected chi connectivity index (χ4v) is 3.65. The van der Waals surface area contributed by atoms with Gasteiger partial charge in [-0.25, -0.2) is 9.97 Å². The molecule has 0 aliphatic heterocycles. The van der Waals surface area contributed by atoms with Crippen LogP contribution in [0.2, 0.25) is 5.02 Å². The summed E-state index contributed by atoms with van der Waals surface area (Å²) in [6.45, 7) is 3.54. The van der Waals surface area contributed by atoms with E-state index in [0.29, 0.717) is 36.4 Å². The predicted molar refractivity (Wildman–Crippen MR) is 125 cm³/mol. The van der Waals surface area contributed by atoms with Crippen molar-refractivity contribution in [2.45, 2.75) is 32.7 Å². The van der Waals surface area contributed by atoms with E-state index in [0.717, 1.165) is 23.4 Å². The second kappa shape index (κ2) is 10.3. The maximum absolute atomic E-state index is 12.9. The summed E-state index contributed by atoms with van der Waals surface area (Å²) < 4.78 is 42.4. The summed E-state index contributed by atoms with van der Waals surface area (Å²) in [4.78, 5) is 9.48. The number of halogens is 4. The van der Waals surface area contributed by atoms with Crippen LogP contribution in [0.4, 0.5) is 25.1 Å². The van der Waals surface area contributed by atoms with E-state index < -0.39 is 11.9 Å². The van der Waals surface area contributed by atoms with Gasteiger partial charge in [-0.2, -0.15) is 18.3 Å². The first-order chi connectivity index (χ1) is 16.7. The van der Waals surface area contributed by atoms with Gasteiger partial charge in [-0.1, -0.05) is 23.7 Å². The molecular formula is C22H23ClF3N9. The molecule has 0 unspecified atom stereocenters. The summed E-state index contributed by atoms with van der Waals surface area (Å²) >= 11 is 6.04. The minimum Gasteiger partial charge on any atom is -0.352 e. The van der Waals surface area contributed by atoms with E-state index >= 15 is 0 Å². The quantitative estimate of drug-likeness (QED) is 0.366. The molecule has 0 aliphatic carbocycles. The summed E-state index contributed by atoms with van der Waals surface area (Å²) in [5.41, 5.74) is 1.02. The Labute approximate surface area is 204 Å². The Morgan fingerprint density at radius 3 is 2.49 bits per heavy atom. The lowest BCUT2D eigenvalue weighted by Crippen LogP contribution is -2.27. The van der Waals surface area contributed by atoms with Gasteiger partial charge < -0.3 is 10.2 Å². The Morgan fingerprint density at radius 1 is 1.06 bits per heavy atom. The molecule has 1 N–H and O–H groups in total. The van der Waals surface area contributed by atoms with Crippen molar-refractivity contribution in [2.75, 3.05) is 16.8 Å². The molecule has 0 atom stereocenters. The zero-order valence-corrected chi connectivity index (χ0v) is 19.8. The summed E-state index contributed by atoms with van der Waals surface area (Å²) in [5, 5.41) is 16.4. The van der Waals surface area contributed by atoms with E-state index in [1.807, 2.05) is 49.0 Å². The minimum atomic E-state index is -4.54. The SMILES string of the molecule is Cc1nnc(N(Cc2ccc(Cl)cc2)Cc2cnn(C)c2)n1CCNc1nccc(C(F)(F)F)n1. The van der Waals surface area contributed by atoms with Crippen LogP contribution in [0.1, 0.15) is 22.6 Å². The first kappa shape index (κ1) is 24.5. The molecule has 1 aromatic carbocycles. The van der Waals surface area contributed by atoms with Crippen molar-refractivity contribution in [1.29, 1.82) is 0 Å². The second-order valence-corrected chi connectivity index (χ2v) is 8.33. The second-order valence-electron chi connectivity index (χ2n) is 7.89. The van der Waals surface area contributed by atoms with Crippen LogP contribution in [0.3, 0.4) is 0 Å². The van der Waals surface area contributed by atoms with Gasteiger partial charge in [-0.15, -0.1) is 10.2 Å². The zero-order chi connectivity index (χ0) is 25.0. The standard InChI is InChI=1S/C22H23ClF3N9/c1-15-31-32-21(35(15)10-9-28-20-27-8-7-19(30-20)22(24,25)26)34(14-17-11-29-33(2)12-17)13-16-3-5-18(23)6-4-16/h3-8,11-12H,9-10,13-14H2,1-2H3,(H,27,28,30). The average molecular weight is 506 g/mol. The smallest absolute Gasteiger partial charge is 0.352 e. The molecule has 0 bridgehead atoms. The van der Waals surface area contributed by atoms with Crippen LogP contribution < -0.4 is 10.2 Å². The molecule has 0 spiro atoms. The maximum atomic E-state index is 12.9. The Morgan fingerprint density at radius 2 is 1.80 bits per heavy atom. The van der Waals surface area contributed by atoms with E-state index in [4.69, 9.17) is 11.6 Å². The highest BCUT2D eigenvalue weighted by Gasteiger charge is 2.32. The Hall–Kier alpha value is -3.67. The molecule has 0 fully saturated rings. The van der Waals surface area contributed by atoms with Crippen molar-refractivity contribution in [2.24, 2.45) is 7.05 Å². The van der Waals surface area contributed by atoms with Crippen LogP contribution in [0.25, 0.3) is 0 Å². The van der Waals surface area contributed by atoms with Crippen molar-refractivity contribution < 1.29 is 13.2 Å². The lowest BCUT2D eigenvalue weighted by atomic mass is 10.2. The van der Waals surface area contributed by atoms with Crippen LogP contribution in [-0.2, 0) is 32.9 Å². The normalized spacial score (nSPS) is 11.6. The molecule has 9 nitrogen and oxygen atoms in total. The molecular weight excluding hydrogens is 483 g/mol. The molecule has 4 aromatic rings. The lowest BCUT2D eigenvalue weighted by Gasteiger charge is -2.24. The third-order valence-corrected chi connectivity index (χ3v) is 5.43. The van der Waals surface area contributed by atoms with Gasteiger partial charge in [0.2, 0.25) is 11.9 Å².